The van der Waals surface area contributed by atoms with E-state index in [1.807, 2.05) is 54.8 Å². The quantitative estimate of drug-likeness (QED) is 0.519. The molecule has 3 aromatic rings. The summed E-state index contributed by atoms with van der Waals surface area (Å²) in [6.07, 6.45) is 1.68. The number of aromatic nitrogens is 1. The number of nitriles is 1. The van der Waals surface area contributed by atoms with E-state index in [0.29, 0.717) is 10.6 Å². The first kappa shape index (κ1) is 18.2. The standard InChI is InChI=1S/C20H16BrN3OS/c1-13-6-7-18(17(21)8-13)23-11-15(10-22)20-24-19(12-26-20)14-4-3-5-16(9-14)25-2/h3-9,11-12,23H,1-2H3/b15-11+. The Hall–Kier alpha value is -2.62. The summed E-state index contributed by atoms with van der Waals surface area (Å²) < 4.78 is 6.20. The van der Waals surface area contributed by atoms with Crippen molar-refractivity contribution >= 4 is 38.5 Å². The molecule has 0 amide bonds. The third-order valence-electron chi connectivity index (χ3n) is 3.72. The van der Waals surface area contributed by atoms with Gasteiger partial charge in [-0.15, -0.1) is 11.3 Å². The van der Waals surface area contributed by atoms with E-state index in [4.69, 9.17) is 4.74 Å². The Balaban J connectivity index is 1.85. The molecule has 4 nitrogen and oxygen atoms in total. The highest BCUT2D eigenvalue weighted by molar-refractivity contribution is 9.10. The molecule has 130 valence electrons. The smallest absolute Gasteiger partial charge is 0.136 e. The van der Waals surface area contributed by atoms with E-state index in [1.54, 1.807) is 13.3 Å². The number of ether oxygens (including phenoxy) is 1. The van der Waals surface area contributed by atoms with Gasteiger partial charge >= 0.3 is 0 Å². The summed E-state index contributed by atoms with van der Waals surface area (Å²) in [7, 11) is 1.64. The van der Waals surface area contributed by atoms with E-state index in [0.717, 1.165) is 32.7 Å². The van der Waals surface area contributed by atoms with Crippen LogP contribution >= 0.6 is 27.3 Å². The summed E-state index contributed by atoms with van der Waals surface area (Å²) in [5.41, 5.74) is 4.32. The van der Waals surface area contributed by atoms with E-state index >= 15 is 0 Å². The number of hydrogen-bond acceptors (Lipinski definition) is 5. The lowest BCUT2D eigenvalue weighted by Crippen LogP contribution is -1.92. The Kier molecular flexibility index (Phi) is 5.71. The summed E-state index contributed by atoms with van der Waals surface area (Å²) in [5, 5.41) is 15.3. The van der Waals surface area contributed by atoms with Crippen molar-refractivity contribution in [3.05, 3.63) is 69.1 Å². The predicted octanol–water partition coefficient (Wildman–Crippen LogP) is 5.87. The summed E-state index contributed by atoms with van der Waals surface area (Å²) in [4.78, 5) is 4.60. The van der Waals surface area contributed by atoms with Crippen molar-refractivity contribution in [3.8, 4) is 23.1 Å². The molecule has 1 aromatic heterocycles. The number of benzene rings is 2. The minimum absolute atomic E-state index is 0.483. The number of aryl methyl sites for hydroxylation is 1. The average Bonchev–Trinajstić information content (AvgIpc) is 3.14. The summed E-state index contributed by atoms with van der Waals surface area (Å²) >= 11 is 4.96. The van der Waals surface area contributed by atoms with Crippen LogP contribution in [0, 0.1) is 18.3 Å². The number of anilines is 1. The first-order chi connectivity index (χ1) is 12.6. The second-order valence-corrected chi connectivity index (χ2v) is 7.28. The van der Waals surface area contributed by atoms with Gasteiger partial charge in [-0.25, -0.2) is 4.98 Å². The van der Waals surface area contributed by atoms with Crippen LogP contribution in [0.5, 0.6) is 5.75 Å². The molecule has 0 spiro atoms. The maximum absolute atomic E-state index is 9.51. The lowest BCUT2D eigenvalue weighted by molar-refractivity contribution is 0.415. The first-order valence-electron chi connectivity index (χ1n) is 7.84. The second kappa shape index (κ2) is 8.17. The van der Waals surface area contributed by atoms with Gasteiger partial charge in [-0.1, -0.05) is 18.2 Å². The Morgan fingerprint density at radius 3 is 2.88 bits per heavy atom. The topological polar surface area (TPSA) is 57.9 Å². The highest BCUT2D eigenvalue weighted by atomic mass is 79.9. The van der Waals surface area contributed by atoms with Gasteiger partial charge in [0.1, 0.15) is 22.4 Å². The highest BCUT2D eigenvalue weighted by Crippen LogP contribution is 2.29. The molecule has 0 saturated carbocycles. The molecule has 0 aliphatic carbocycles. The van der Waals surface area contributed by atoms with Gasteiger partial charge in [0.25, 0.3) is 0 Å². The van der Waals surface area contributed by atoms with Crippen LogP contribution in [0.15, 0.2) is 58.5 Å². The zero-order valence-corrected chi connectivity index (χ0v) is 16.7. The van der Waals surface area contributed by atoms with E-state index in [1.165, 1.54) is 11.3 Å². The maximum Gasteiger partial charge on any atom is 0.136 e. The van der Waals surface area contributed by atoms with E-state index in [-0.39, 0.29) is 0 Å². The Labute approximate surface area is 164 Å². The van der Waals surface area contributed by atoms with Crippen LogP contribution in [0.25, 0.3) is 16.8 Å². The number of allylic oxidation sites excluding steroid dienone is 1. The largest absolute Gasteiger partial charge is 0.497 e. The molecule has 6 heteroatoms. The van der Waals surface area contributed by atoms with Crippen molar-refractivity contribution in [2.75, 3.05) is 12.4 Å². The van der Waals surface area contributed by atoms with Crippen molar-refractivity contribution in [2.24, 2.45) is 0 Å². The van der Waals surface area contributed by atoms with Gasteiger partial charge in [0.15, 0.2) is 0 Å². The molecule has 0 saturated heterocycles. The van der Waals surface area contributed by atoms with Crippen molar-refractivity contribution in [1.82, 2.24) is 4.98 Å². The van der Waals surface area contributed by atoms with Crippen LogP contribution in [0.2, 0.25) is 0 Å². The number of halogens is 1. The summed E-state index contributed by atoms with van der Waals surface area (Å²) in [5.74, 6) is 0.777. The molecule has 0 unspecified atom stereocenters. The normalized spacial score (nSPS) is 11.1. The third kappa shape index (κ3) is 4.13. The first-order valence-corrected chi connectivity index (χ1v) is 9.51. The van der Waals surface area contributed by atoms with Gasteiger partial charge in [-0.05, 0) is 52.7 Å². The fourth-order valence-corrected chi connectivity index (χ4v) is 3.74. The number of methoxy groups -OCH3 is 1. The SMILES string of the molecule is COc1cccc(-c2csc(/C(C#N)=C/Nc3ccc(C)cc3Br)n2)c1. The Morgan fingerprint density at radius 2 is 2.15 bits per heavy atom. The minimum Gasteiger partial charge on any atom is -0.497 e. The number of nitrogens with one attached hydrogen (secondary N) is 1. The fraction of sp³-hybridized carbons (Fsp3) is 0.100. The molecule has 0 aliphatic rings. The van der Waals surface area contributed by atoms with Gasteiger partial charge in [0, 0.05) is 21.6 Å². The fourth-order valence-electron chi connectivity index (χ4n) is 2.34. The molecule has 26 heavy (non-hydrogen) atoms. The van der Waals surface area contributed by atoms with Crippen LogP contribution in [0.3, 0.4) is 0 Å². The average molecular weight is 426 g/mol. The maximum atomic E-state index is 9.51. The van der Waals surface area contributed by atoms with Crippen LogP contribution in [-0.4, -0.2) is 12.1 Å². The molecular weight excluding hydrogens is 410 g/mol. The minimum atomic E-state index is 0.483. The van der Waals surface area contributed by atoms with E-state index in [9.17, 15) is 5.26 Å². The lowest BCUT2D eigenvalue weighted by Gasteiger charge is -2.05. The lowest BCUT2D eigenvalue weighted by atomic mass is 10.1. The van der Waals surface area contributed by atoms with E-state index in [2.05, 4.69) is 32.3 Å². The van der Waals surface area contributed by atoms with Gasteiger partial charge in [-0.3, -0.25) is 0 Å². The Bertz CT molecular complexity index is 1000. The molecule has 3 rings (SSSR count). The predicted molar refractivity (Wildman–Crippen MR) is 110 cm³/mol. The zero-order valence-electron chi connectivity index (χ0n) is 14.3. The number of nitrogens with zero attached hydrogens (tertiary/aromatic N) is 2. The van der Waals surface area contributed by atoms with Crippen LogP contribution in [0.1, 0.15) is 10.6 Å². The van der Waals surface area contributed by atoms with E-state index < -0.39 is 0 Å². The molecule has 2 aromatic carbocycles. The number of thiazole rings is 1. The highest BCUT2D eigenvalue weighted by Gasteiger charge is 2.10. The number of rotatable bonds is 5. The summed E-state index contributed by atoms with van der Waals surface area (Å²) in [6.45, 7) is 2.03. The molecule has 1 N–H and O–H groups in total. The molecule has 0 atom stereocenters. The van der Waals surface area contributed by atoms with Crippen molar-refractivity contribution < 1.29 is 4.74 Å². The van der Waals surface area contributed by atoms with Crippen molar-refractivity contribution in [3.63, 3.8) is 0 Å². The second-order valence-electron chi connectivity index (χ2n) is 5.57. The number of hydrogen-bond donors (Lipinski definition) is 1. The van der Waals surface area contributed by atoms with Crippen LogP contribution < -0.4 is 10.1 Å². The molecular formula is C20H16BrN3OS. The summed E-state index contributed by atoms with van der Waals surface area (Å²) in [6, 6.07) is 15.9. The molecule has 0 bridgehead atoms. The Morgan fingerprint density at radius 1 is 1.31 bits per heavy atom. The molecule has 0 aliphatic heterocycles. The monoisotopic (exact) mass is 425 g/mol. The van der Waals surface area contributed by atoms with Gasteiger partial charge in [-0.2, -0.15) is 5.26 Å². The molecule has 0 radical (unpaired) electrons. The third-order valence-corrected chi connectivity index (χ3v) is 5.25. The van der Waals surface area contributed by atoms with Crippen molar-refractivity contribution in [1.29, 1.82) is 5.26 Å². The molecule has 0 fully saturated rings. The molecule has 1 heterocycles. The van der Waals surface area contributed by atoms with Crippen LogP contribution in [-0.2, 0) is 0 Å². The van der Waals surface area contributed by atoms with Crippen molar-refractivity contribution in [2.45, 2.75) is 6.92 Å². The van der Waals surface area contributed by atoms with Gasteiger partial charge < -0.3 is 10.1 Å². The van der Waals surface area contributed by atoms with Gasteiger partial charge in [0.2, 0.25) is 0 Å². The van der Waals surface area contributed by atoms with Crippen LogP contribution in [0.4, 0.5) is 5.69 Å². The van der Waals surface area contributed by atoms with Gasteiger partial charge in [0.05, 0.1) is 18.5 Å². The zero-order chi connectivity index (χ0) is 18.5.